The lowest BCUT2D eigenvalue weighted by atomic mass is 10.0. The van der Waals surface area contributed by atoms with Gasteiger partial charge in [-0.15, -0.1) is 5.10 Å². The van der Waals surface area contributed by atoms with Crippen molar-refractivity contribution in [3.05, 3.63) is 88.1 Å². The molecule has 0 atom stereocenters. The zero-order valence-electron chi connectivity index (χ0n) is 20.2. The van der Waals surface area contributed by atoms with Gasteiger partial charge in [0, 0.05) is 23.5 Å². The average Bonchev–Trinajstić information content (AvgIpc) is 3.57. The molecular weight excluding hydrogens is 520 g/mol. The summed E-state index contributed by atoms with van der Waals surface area (Å²) in [5.74, 6) is -1.86. The Morgan fingerprint density at radius 1 is 1.15 bits per heavy atom. The van der Waals surface area contributed by atoms with Crippen LogP contribution in [0.1, 0.15) is 28.1 Å². The van der Waals surface area contributed by atoms with E-state index in [1.54, 1.807) is 34.6 Å². The third-order valence-electron chi connectivity index (χ3n) is 6.08. The minimum absolute atomic E-state index is 0.0244. The van der Waals surface area contributed by atoms with Crippen LogP contribution in [0.5, 0.6) is 0 Å². The largest absolute Gasteiger partial charge is 0.437 e. The second-order valence-corrected chi connectivity index (χ2v) is 8.66. The quantitative estimate of drug-likeness (QED) is 0.196. The van der Waals surface area contributed by atoms with E-state index in [0.717, 1.165) is 11.6 Å². The number of carbonyl (C=O) groups excluding carboxylic acids is 1. The number of oxime groups is 1. The van der Waals surface area contributed by atoms with Crippen LogP contribution in [0.15, 0.2) is 59.4 Å². The molecule has 13 heteroatoms. The van der Waals surface area contributed by atoms with Crippen LogP contribution in [0.4, 0.5) is 17.6 Å². The number of rotatable bonds is 7. The van der Waals surface area contributed by atoms with Gasteiger partial charge < -0.3 is 14.1 Å². The summed E-state index contributed by atoms with van der Waals surface area (Å²) in [5, 5.41) is 20.2. The van der Waals surface area contributed by atoms with Gasteiger partial charge in [0.15, 0.2) is 5.71 Å². The first-order valence-corrected chi connectivity index (χ1v) is 11.4. The molecule has 2 aromatic heterocycles. The summed E-state index contributed by atoms with van der Waals surface area (Å²) in [6.07, 6.45) is -2.25. The number of hydrogen-bond donors (Lipinski definition) is 0. The number of aromatic nitrogens is 4. The number of nitrogens with zero attached hydrogens (tertiary/aromatic N) is 6. The number of alkyl halides is 3. The zero-order valence-corrected chi connectivity index (χ0v) is 20.2. The van der Waals surface area contributed by atoms with Crippen molar-refractivity contribution in [2.24, 2.45) is 12.2 Å². The molecule has 0 unspecified atom stereocenters. The smallest absolute Gasteiger partial charge is 0.369 e. The van der Waals surface area contributed by atoms with Gasteiger partial charge in [-0.25, -0.2) is 13.9 Å². The summed E-state index contributed by atoms with van der Waals surface area (Å²) in [7, 11) is 1.65. The van der Waals surface area contributed by atoms with Crippen molar-refractivity contribution in [3.63, 3.8) is 0 Å². The topological polar surface area (TPSA) is 107 Å². The number of carbonyl (C=O) groups is 1. The highest BCUT2D eigenvalue weighted by molar-refractivity contribution is 6.27. The summed E-state index contributed by atoms with van der Waals surface area (Å²) in [6.45, 7) is 0.350. The van der Waals surface area contributed by atoms with Crippen LogP contribution < -0.4 is 0 Å². The molecule has 0 amide bonds. The lowest BCUT2D eigenvalue weighted by Gasteiger charge is -2.08. The lowest BCUT2D eigenvalue weighted by Crippen LogP contribution is -2.24. The molecule has 0 spiro atoms. The monoisotopic (exact) mass is 538 g/mol. The first-order valence-electron chi connectivity index (χ1n) is 11.4. The fourth-order valence-corrected chi connectivity index (χ4v) is 4.20. The van der Waals surface area contributed by atoms with Gasteiger partial charge in [-0.3, -0.25) is 0 Å². The summed E-state index contributed by atoms with van der Waals surface area (Å²) in [4.78, 5) is 16.3. The predicted molar refractivity (Wildman–Crippen MR) is 129 cm³/mol. The van der Waals surface area contributed by atoms with E-state index in [1.807, 2.05) is 12.1 Å². The van der Waals surface area contributed by atoms with Crippen molar-refractivity contribution in [1.29, 1.82) is 5.26 Å². The van der Waals surface area contributed by atoms with E-state index in [4.69, 9.17) is 10.00 Å². The number of nitriles is 1. The Kier molecular flexibility index (Phi) is 6.71. The van der Waals surface area contributed by atoms with E-state index in [1.165, 1.54) is 18.2 Å². The number of halogens is 4. The van der Waals surface area contributed by atoms with Gasteiger partial charge in [-0.2, -0.15) is 18.4 Å². The molecule has 4 aromatic rings. The van der Waals surface area contributed by atoms with Gasteiger partial charge in [-0.05, 0) is 42.0 Å². The maximum atomic E-state index is 14.1. The van der Waals surface area contributed by atoms with Crippen molar-refractivity contribution in [1.82, 2.24) is 19.6 Å². The zero-order chi connectivity index (χ0) is 27.7. The standard InChI is InChI=1S/C26H18F4N6O3/c1-35-22-7-6-17(27)8-19(22)20(9-21-24(26(28,29)30)33-39-25(21)37)23(35)14-38-13-18-12-36(34-32-18)11-16-4-2-15(10-31)3-5-16/h2-9,12H,11,13-14H2,1H3/b21-9+. The maximum Gasteiger partial charge on any atom is 0.437 e. The molecule has 5 rings (SSSR count). The normalized spacial score (nSPS) is 14.6. The Bertz CT molecular complexity index is 1680. The molecule has 3 heterocycles. The van der Waals surface area contributed by atoms with Crippen LogP contribution in [-0.4, -0.2) is 37.4 Å². The Balaban J connectivity index is 1.38. The molecular formula is C26H18F4N6O3. The summed E-state index contributed by atoms with van der Waals surface area (Å²) >= 11 is 0. The first kappa shape index (κ1) is 25.8. The molecule has 0 N–H and O–H groups in total. The Morgan fingerprint density at radius 3 is 2.64 bits per heavy atom. The second kappa shape index (κ2) is 10.1. The first-order chi connectivity index (χ1) is 18.6. The molecule has 0 radical (unpaired) electrons. The number of fused-ring (bicyclic) bond motifs is 1. The predicted octanol–water partition coefficient (Wildman–Crippen LogP) is 4.40. The van der Waals surface area contributed by atoms with Crippen LogP contribution in [0, 0.1) is 17.1 Å². The average molecular weight is 538 g/mol. The van der Waals surface area contributed by atoms with E-state index in [2.05, 4.69) is 26.4 Å². The van der Waals surface area contributed by atoms with E-state index in [-0.39, 0.29) is 24.2 Å². The molecule has 0 fully saturated rings. The number of benzene rings is 2. The lowest BCUT2D eigenvalue weighted by molar-refractivity contribution is -0.136. The van der Waals surface area contributed by atoms with E-state index in [0.29, 0.717) is 29.0 Å². The number of ether oxygens (including phenoxy) is 1. The van der Waals surface area contributed by atoms with Crippen molar-refractivity contribution in [3.8, 4) is 6.07 Å². The van der Waals surface area contributed by atoms with Crippen LogP contribution >= 0.6 is 0 Å². The molecule has 9 nitrogen and oxygen atoms in total. The van der Waals surface area contributed by atoms with E-state index in [9.17, 15) is 22.4 Å². The van der Waals surface area contributed by atoms with Gasteiger partial charge >= 0.3 is 12.1 Å². The van der Waals surface area contributed by atoms with Gasteiger partial charge in [0.25, 0.3) is 0 Å². The molecule has 2 aromatic carbocycles. The third-order valence-corrected chi connectivity index (χ3v) is 6.08. The van der Waals surface area contributed by atoms with Crippen molar-refractivity contribution < 1.29 is 31.9 Å². The molecule has 0 bridgehead atoms. The van der Waals surface area contributed by atoms with Crippen LogP contribution in [0.25, 0.3) is 17.0 Å². The Labute approximate surface area is 218 Å². The SMILES string of the molecule is Cn1c(COCc2cn(Cc3ccc(C#N)cc3)nn2)c(/C=C2/C(=O)ON=C2C(F)(F)F)c2cc(F)ccc21. The highest BCUT2D eigenvalue weighted by atomic mass is 19.4. The Morgan fingerprint density at radius 2 is 1.92 bits per heavy atom. The molecule has 0 saturated carbocycles. The van der Waals surface area contributed by atoms with Crippen LogP contribution in [0.2, 0.25) is 0 Å². The maximum absolute atomic E-state index is 14.1. The molecule has 39 heavy (non-hydrogen) atoms. The molecule has 1 aliphatic heterocycles. The van der Waals surface area contributed by atoms with Gasteiger partial charge in [0.1, 0.15) is 11.5 Å². The van der Waals surface area contributed by atoms with Crippen molar-refractivity contribution in [2.75, 3.05) is 0 Å². The van der Waals surface area contributed by atoms with Crippen molar-refractivity contribution >= 4 is 28.7 Å². The second-order valence-electron chi connectivity index (χ2n) is 8.66. The molecule has 1 aliphatic rings. The minimum atomic E-state index is -4.92. The number of hydrogen-bond acceptors (Lipinski definition) is 7. The van der Waals surface area contributed by atoms with Gasteiger partial charge in [0.05, 0.1) is 48.9 Å². The number of aryl methyl sites for hydroxylation is 1. The van der Waals surface area contributed by atoms with Crippen LogP contribution in [0.3, 0.4) is 0 Å². The highest BCUT2D eigenvalue weighted by Gasteiger charge is 2.45. The van der Waals surface area contributed by atoms with Gasteiger partial charge in [-0.1, -0.05) is 22.5 Å². The van der Waals surface area contributed by atoms with E-state index >= 15 is 0 Å². The molecule has 0 aliphatic carbocycles. The minimum Gasteiger partial charge on any atom is -0.369 e. The van der Waals surface area contributed by atoms with E-state index < -0.39 is 29.2 Å². The molecule has 198 valence electrons. The fraction of sp³-hybridized carbons (Fsp3) is 0.192. The summed E-state index contributed by atoms with van der Waals surface area (Å²) in [5.41, 5.74) is 0.795. The highest BCUT2D eigenvalue weighted by Crippen LogP contribution is 2.33. The Hall–Kier alpha value is -4.83. The van der Waals surface area contributed by atoms with Gasteiger partial charge in [0.2, 0.25) is 0 Å². The molecule has 0 saturated heterocycles. The van der Waals surface area contributed by atoms with Crippen molar-refractivity contribution in [2.45, 2.75) is 25.9 Å². The van der Waals surface area contributed by atoms with Crippen LogP contribution in [-0.2, 0) is 41.2 Å². The summed E-state index contributed by atoms with van der Waals surface area (Å²) in [6, 6.07) is 13.0. The summed E-state index contributed by atoms with van der Waals surface area (Å²) < 4.78 is 63.4. The fourth-order valence-electron chi connectivity index (χ4n) is 4.20. The third kappa shape index (κ3) is 5.27.